The minimum atomic E-state index is -1.23. The average Bonchev–Trinajstić information content (AvgIpc) is 3.16. The van der Waals surface area contributed by atoms with Crippen LogP contribution < -0.4 is 16.0 Å². The van der Waals surface area contributed by atoms with E-state index in [1.54, 1.807) is 12.1 Å². The number of halogens is 1. The Hall–Kier alpha value is -4.15. The Balaban J connectivity index is 1.57. The fraction of sp³-hybridized carbons (Fsp3) is 0.273. The molecule has 0 unspecified atom stereocenters. The third kappa shape index (κ3) is 7.20. The highest BCUT2D eigenvalue weighted by atomic mass is 19.1. The third-order valence-corrected chi connectivity index (χ3v) is 4.92. The minimum Gasteiger partial charge on any atom is -0.465 e. The number of imidazole rings is 1. The van der Waals surface area contributed by atoms with Gasteiger partial charge in [0.25, 0.3) is 0 Å². The van der Waals surface area contributed by atoms with Crippen LogP contribution >= 0.6 is 0 Å². The summed E-state index contributed by atoms with van der Waals surface area (Å²) >= 11 is 0. The highest BCUT2D eigenvalue weighted by molar-refractivity contribution is 5.84. The lowest BCUT2D eigenvalue weighted by Crippen LogP contribution is -2.44. The van der Waals surface area contributed by atoms with E-state index in [1.807, 2.05) is 18.2 Å². The molecule has 3 aromatic rings. The number of H-pyrrole nitrogens is 1. The molecule has 0 aliphatic carbocycles. The maximum Gasteiger partial charge on any atom is 0.404 e. The smallest absolute Gasteiger partial charge is 0.404 e. The second-order valence-electron chi connectivity index (χ2n) is 7.42. The van der Waals surface area contributed by atoms with Crippen LogP contribution in [0.2, 0.25) is 0 Å². The summed E-state index contributed by atoms with van der Waals surface area (Å²) in [5.74, 6) is -0.201. The largest absolute Gasteiger partial charge is 0.465 e. The van der Waals surface area contributed by atoms with E-state index in [0.717, 1.165) is 16.6 Å². The maximum atomic E-state index is 13.2. The number of carbonyl (C=O) groups excluding carboxylic acids is 1. The molecule has 2 aromatic carbocycles. The molecule has 1 aromatic heterocycles. The van der Waals surface area contributed by atoms with E-state index in [1.165, 1.54) is 12.1 Å². The van der Waals surface area contributed by atoms with Crippen molar-refractivity contribution in [3.63, 3.8) is 0 Å². The number of nitrogens with zero attached hydrogens (tertiary/aromatic N) is 1. The number of hydrogen-bond donors (Lipinski definition) is 6. The molecule has 10 nitrogen and oxygen atoms in total. The van der Waals surface area contributed by atoms with E-state index in [9.17, 15) is 18.8 Å². The van der Waals surface area contributed by atoms with Crippen LogP contribution in [0, 0.1) is 5.82 Å². The second-order valence-corrected chi connectivity index (χ2v) is 7.42. The molecule has 0 radical (unpaired) electrons. The Morgan fingerprint density at radius 2 is 1.73 bits per heavy atom. The van der Waals surface area contributed by atoms with Crippen LogP contribution in [0.1, 0.15) is 18.7 Å². The predicted octanol–water partition coefficient (Wildman–Crippen LogP) is 2.71. The summed E-state index contributed by atoms with van der Waals surface area (Å²) in [7, 11) is 0. The molecule has 6 N–H and O–H groups in total. The topological polar surface area (TPSA) is 156 Å². The van der Waals surface area contributed by atoms with E-state index >= 15 is 0 Å². The Labute approximate surface area is 188 Å². The number of aromatic nitrogens is 2. The molecule has 1 atom stereocenters. The average molecular weight is 457 g/mol. The molecule has 174 valence electrons. The molecule has 0 spiro atoms. The zero-order valence-corrected chi connectivity index (χ0v) is 17.6. The number of hydrogen-bond acceptors (Lipinski definition) is 4. The lowest BCUT2D eigenvalue weighted by atomic mass is 10.1. The number of carboxylic acid groups (broad SMARTS) is 2. The quantitative estimate of drug-likeness (QED) is 0.257. The van der Waals surface area contributed by atoms with Gasteiger partial charge in [0.15, 0.2) is 0 Å². The molecule has 0 bridgehead atoms. The monoisotopic (exact) mass is 457 g/mol. The van der Waals surface area contributed by atoms with Gasteiger partial charge in [0.2, 0.25) is 5.91 Å². The van der Waals surface area contributed by atoms with Crippen LogP contribution in [0.15, 0.2) is 42.5 Å². The van der Waals surface area contributed by atoms with Crippen LogP contribution in [-0.2, 0) is 11.2 Å². The fourth-order valence-corrected chi connectivity index (χ4v) is 3.36. The second kappa shape index (κ2) is 10.9. The molecule has 0 fully saturated rings. The van der Waals surface area contributed by atoms with Crippen LogP contribution in [0.3, 0.4) is 0 Å². The van der Waals surface area contributed by atoms with Crippen molar-refractivity contribution < 1.29 is 29.0 Å². The van der Waals surface area contributed by atoms with Crippen LogP contribution in [-0.4, -0.2) is 57.4 Å². The van der Waals surface area contributed by atoms with Crippen molar-refractivity contribution >= 4 is 29.1 Å². The highest BCUT2D eigenvalue weighted by Gasteiger charge is 2.15. The van der Waals surface area contributed by atoms with Gasteiger partial charge in [0.1, 0.15) is 11.6 Å². The van der Waals surface area contributed by atoms with Gasteiger partial charge in [-0.1, -0.05) is 18.2 Å². The fourth-order valence-electron chi connectivity index (χ4n) is 3.36. The normalized spacial score (nSPS) is 11.7. The zero-order chi connectivity index (χ0) is 23.8. The van der Waals surface area contributed by atoms with Gasteiger partial charge in [-0.05, 0) is 48.2 Å². The lowest BCUT2D eigenvalue weighted by Gasteiger charge is -2.17. The molecule has 1 heterocycles. The van der Waals surface area contributed by atoms with Crippen LogP contribution in [0.25, 0.3) is 22.2 Å². The molecular formula is C22H24FN5O5. The maximum absolute atomic E-state index is 13.2. The van der Waals surface area contributed by atoms with Crippen LogP contribution in [0.4, 0.5) is 14.0 Å². The number of fused-ring (bicyclic) bond motifs is 1. The molecule has 0 aliphatic heterocycles. The minimum absolute atomic E-state index is 0.0269. The molecule has 3 rings (SSSR count). The van der Waals surface area contributed by atoms with E-state index < -0.39 is 18.2 Å². The Kier molecular flexibility index (Phi) is 7.79. The molecule has 0 aliphatic rings. The van der Waals surface area contributed by atoms with Gasteiger partial charge >= 0.3 is 12.2 Å². The highest BCUT2D eigenvalue weighted by Crippen LogP contribution is 2.23. The van der Waals surface area contributed by atoms with Crippen molar-refractivity contribution in [2.24, 2.45) is 0 Å². The number of amides is 3. The standard InChI is InChI=1S/C22H24FN5O5/c23-15-6-3-13(4-7-15)14-5-8-17-18(10-14)28-19(27-17)11-20(29)25-12-16(26-22(32)33)2-1-9-24-21(30)31/h3-8,10,16,24,26H,1-2,9,11-12H2,(H,25,29)(H,27,28)(H,30,31)(H,32,33)/t16-/m0/s1. The van der Waals surface area contributed by atoms with Crippen molar-refractivity contribution in [2.75, 3.05) is 13.1 Å². The van der Waals surface area contributed by atoms with Crippen molar-refractivity contribution in [1.29, 1.82) is 0 Å². The molecule has 33 heavy (non-hydrogen) atoms. The van der Waals surface area contributed by atoms with Crippen molar-refractivity contribution in [2.45, 2.75) is 25.3 Å². The number of benzene rings is 2. The van der Waals surface area contributed by atoms with E-state index in [0.29, 0.717) is 24.2 Å². The first kappa shape index (κ1) is 23.5. The van der Waals surface area contributed by atoms with Gasteiger partial charge < -0.3 is 31.1 Å². The zero-order valence-electron chi connectivity index (χ0n) is 17.6. The van der Waals surface area contributed by atoms with Crippen molar-refractivity contribution in [3.8, 4) is 11.1 Å². The summed E-state index contributed by atoms with van der Waals surface area (Å²) in [6.45, 7) is 0.243. The van der Waals surface area contributed by atoms with Gasteiger partial charge in [0.05, 0.1) is 17.5 Å². The predicted molar refractivity (Wildman–Crippen MR) is 118 cm³/mol. The Morgan fingerprint density at radius 3 is 2.42 bits per heavy atom. The summed E-state index contributed by atoms with van der Waals surface area (Å²) in [4.78, 5) is 41.3. The van der Waals surface area contributed by atoms with Crippen molar-refractivity contribution in [3.05, 3.63) is 54.1 Å². The summed E-state index contributed by atoms with van der Waals surface area (Å²) in [6, 6.07) is 11.1. The lowest BCUT2D eigenvalue weighted by molar-refractivity contribution is -0.120. The first-order chi connectivity index (χ1) is 15.8. The Morgan fingerprint density at radius 1 is 1.00 bits per heavy atom. The van der Waals surface area contributed by atoms with Gasteiger partial charge in [-0.2, -0.15) is 0 Å². The molecular weight excluding hydrogens is 433 g/mol. The SMILES string of the molecule is O=C(O)NCCC[C@@H](CNC(=O)Cc1nc2ccc(-c3ccc(F)cc3)cc2[nH]1)NC(=O)O. The van der Waals surface area contributed by atoms with Gasteiger partial charge in [0, 0.05) is 19.1 Å². The van der Waals surface area contributed by atoms with Gasteiger partial charge in [-0.15, -0.1) is 0 Å². The number of rotatable bonds is 10. The summed E-state index contributed by atoms with van der Waals surface area (Å²) in [5, 5.41) is 24.7. The Bertz CT molecular complexity index is 1130. The summed E-state index contributed by atoms with van der Waals surface area (Å²) < 4.78 is 13.2. The summed E-state index contributed by atoms with van der Waals surface area (Å²) in [6.07, 6.45) is -1.64. The molecule has 3 amide bonds. The van der Waals surface area contributed by atoms with E-state index in [4.69, 9.17) is 10.2 Å². The van der Waals surface area contributed by atoms with E-state index in [2.05, 4.69) is 25.9 Å². The van der Waals surface area contributed by atoms with Crippen molar-refractivity contribution in [1.82, 2.24) is 25.9 Å². The van der Waals surface area contributed by atoms with Crippen LogP contribution in [0.5, 0.6) is 0 Å². The number of nitrogens with one attached hydrogen (secondary N) is 4. The molecule has 11 heteroatoms. The first-order valence-corrected chi connectivity index (χ1v) is 10.3. The van der Waals surface area contributed by atoms with Gasteiger partial charge in [-0.25, -0.2) is 19.0 Å². The molecule has 0 saturated heterocycles. The summed E-state index contributed by atoms with van der Waals surface area (Å²) in [5.41, 5.74) is 3.14. The van der Waals surface area contributed by atoms with Gasteiger partial charge in [-0.3, -0.25) is 4.79 Å². The third-order valence-electron chi connectivity index (χ3n) is 4.92. The number of carbonyl (C=O) groups is 3. The molecule has 0 saturated carbocycles. The van der Waals surface area contributed by atoms with E-state index in [-0.39, 0.29) is 31.2 Å². The number of aromatic amines is 1. The first-order valence-electron chi connectivity index (χ1n) is 10.3.